The largest absolute Gasteiger partial charge is 0.378 e. The summed E-state index contributed by atoms with van der Waals surface area (Å²) in [7, 11) is 2.01. The van der Waals surface area contributed by atoms with Gasteiger partial charge in [-0.15, -0.1) is 0 Å². The van der Waals surface area contributed by atoms with Crippen molar-refractivity contribution in [2.75, 3.05) is 48.5 Å². The van der Waals surface area contributed by atoms with Crippen LogP contribution in [0.3, 0.4) is 0 Å². The van der Waals surface area contributed by atoms with Gasteiger partial charge in [0.05, 0.1) is 25.1 Å². The molecule has 1 aliphatic rings. The molecule has 1 aromatic carbocycles. The molecule has 1 fully saturated rings. The second kappa shape index (κ2) is 8.22. The minimum absolute atomic E-state index is 0.546. The van der Waals surface area contributed by atoms with E-state index in [2.05, 4.69) is 37.2 Å². The highest BCUT2D eigenvalue weighted by molar-refractivity contribution is 5.64. The van der Waals surface area contributed by atoms with E-state index in [1.807, 2.05) is 56.7 Å². The quantitative estimate of drug-likeness (QED) is 0.731. The van der Waals surface area contributed by atoms with Crippen LogP contribution in [0.2, 0.25) is 0 Å². The van der Waals surface area contributed by atoms with Gasteiger partial charge in [-0.05, 0) is 31.2 Å². The van der Waals surface area contributed by atoms with Gasteiger partial charge in [0, 0.05) is 37.6 Å². The average molecular weight is 376 g/mol. The minimum atomic E-state index is 0.546. The van der Waals surface area contributed by atoms with Gasteiger partial charge in [-0.3, -0.25) is 0 Å². The number of benzene rings is 1. The number of anilines is 5. The van der Waals surface area contributed by atoms with Crippen molar-refractivity contribution in [3.8, 4) is 0 Å². The Morgan fingerprint density at radius 3 is 2.50 bits per heavy atom. The van der Waals surface area contributed by atoms with Crippen LogP contribution < -0.4 is 15.1 Å². The van der Waals surface area contributed by atoms with E-state index in [4.69, 9.17) is 9.72 Å². The summed E-state index contributed by atoms with van der Waals surface area (Å²) >= 11 is 0. The lowest BCUT2D eigenvalue weighted by Gasteiger charge is -2.27. The van der Waals surface area contributed by atoms with Crippen molar-refractivity contribution in [1.82, 2.24) is 15.0 Å². The molecule has 1 N–H and O–H groups in total. The lowest BCUT2D eigenvalue weighted by Crippen LogP contribution is -2.36. The first-order chi connectivity index (χ1) is 13.7. The maximum Gasteiger partial charge on any atom is 0.229 e. The van der Waals surface area contributed by atoms with E-state index in [-0.39, 0.29) is 0 Å². The average Bonchev–Trinajstić information content (AvgIpc) is 2.76. The van der Waals surface area contributed by atoms with Gasteiger partial charge >= 0.3 is 0 Å². The molecule has 0 aliphatic carbocycles. The number of aryl methyl sites for hydroxylation is 1. The van der Waals surface area contributed by atoms with Gasteiger partial charge < -0.3 is 19.9 Å². The van der Waals surface area contributed by atoms with Crippen LogP contribution in [0.5, 0.6) is 0 Å². The molecule has 28 heavy (non-hydrogen) atoms. The molecular formula is C21H24N6O. The van der Waals surface area contributed by atoms with E-state index < -0.39 is 0 Å². The third-order valence-corrected chi connectivity index (χ3v) is 4.75. The summed E-state index contributed by atoms with van der Waals surface area (Å²) in [5, 5.41) is 3.25. The fourth-order valence-corrected chi connectivity index (χ4v) is 3.18. The van der Waals surface area contributed by atoms with Gasteiger partial charge in [0.25, 0.3) is 0 Å². The van der Waals surface area contributed by atoms with E-state index in [1.165, 1.54) is 0 Å². The molecule has 0 unspecified atom stereocenters. The normalized spacial score (nSPS) is 14.0. The standard InChI is InChI=1S/C21H24N6O/c1-16-14-23-21(25-20(16)26(2)18-6-4-3-5-7-18)24-17-8-9-19(22-15-17)27-10-12-28-13-11-27/h3-9,14-15H,10-13H2,1-2H3,(H,23,24,25). The van der Waals surface area contributed by atoms with Crippen molar-refractivity contribution >= 4 is 29.0 Å². The Bertz CT molecular complexity index is 910. The molecule has 0 spiro atoms. The van der Waals surface area contributed by atoms with Gasteiger partial charge in [0.2, 0.25) is 5.95 Å². The third-order valence-electron chi connectivity index (χ3n) is 4.75. The lowest BCUT2D eigenvalue weighted by molar-refractivity contribution is 0.122. The Labute approximate surface area is 165 Å². The highest BCUT2D eigenvalue weighted by Gasteiger charge is 2.13. The molecule has 0 atom stereocenters. The number of rotatable bonds is 5. The van der Waals surface area contributed by atoms with Gasteiger partial charge in [-0.2, -0.15) is 4.98 Å². The van der Waals surface area contributed by atoms with E-state index in [0.717, 1.165) is 54.9 Å². The SMILES string of the molecule is Cc1cnc(Nc2ccc(N3CCOCC3)nc2)nc1N(C)c1ccccc1. The summed E-state index contributed by atoms with van der Waals surface area (Å²) in [5.74, 6) is 2.37. The van der Waals surface area contributed by atoms with E-state index in [0.29, 0.717) is 5.95 Å². The maximum absolute atomic E-state index is 5.39. The van der Waals surface area contributed by atoms with Gasteiger partial charge in [-0.1, -0.05) is 18.2 Å². The van der Waals surface area contributed by atoms with Crippen LogP contribution in [-0.2, 0) is 4.74 Å². The topological polar surface area (TPSA) is 66.4 Å². The van der Waals surface area contributed by atoms with Gasteiger partial charge in [0.15, 0.2) is 0 Å². The van der Waals surface area contributed by atoms with E-state index in [1.54, 1.807) is 0 Å². The molecule has 0 saturated carbocycles. The number of nitrogens with zero attached hydrogens (tertiary/aromatic N) is 5. The summed E-state index contributed by atoms with van der Waals surface area (Å²) < 4.78 is 5.39. The van der Waals surface area contributed by atoms with Crippen LogP contribution in [0.1, 0.15) is 5.56 Å². The summed E-state index contributed by atoms with van der Waals surface area (Å²) in [4.78, 5) is 18.0. The minimum Gasteiger partial charge on any atom is -0.378 e. The smallest absolute Gasteiger partial charge is 0.229 e. The van der Waals surface area contributed by atoms with Crippen LogP contribution >= 0.6 is 0 Å². The van der Waals surface area contributed by atoms with Crippen molar-refractivity contribution in [3.05, 3.63) is 60.4 Å². The molecule has 3 heterocycles. The first-order valence-electron chi connectivity index (χ1n) is 9.39. The van der Waals surface area contributed by atoms with E-state index >= 15 is 0 Å². The summed E-state index contributed by atoms with van der Waals surface area (Å²) in [6.07, 6.45) is 3.65. The van der Waals surface area contributed by atoms with Crippen molar-refractivity contribution in [2.45, 2.75) is 6.92 Å². The Hall–Kier alpha value is -3.19. The van der Waals surface area contributed by atoms with Crippen LogP contribution in [0.25, 0.3) is 0 Å². The fraction of sp³-hybridized carbons (Fsp3) is 0.286. The van der Waals surface area contributed by atoms with Crippen molar-refractivity contribution in [3.63, 3.8) is 0 Å². The number of aromatic nitrogens is 3. The van der Waals surface area contributed by atoms with Crippen molar-refractivity contribution in [2.24, 2.45) is 0 Å². The molecule has 1 saturated heterocycles. The highest BCUT2D eigenvalue weighted by atomic mass is 16.5. The first-order valence-corrected chi connectivity index (χ1v) is 9.39. The molecule has 0 bridgehead atoms. The molecule has 3 aromatic rings. The summed E-state index contributed by atoms with van der Waals surface area (Å²) in [6, 6.07) is 14.2. The number of nitrogens with one attached hydrogen (secondary N) is 1. The molecule has 7 nitrogen and oxygen atoms in total. The number of pyridine rings is 1. The maximum atomic E-state index is 5.39. The Kier molecular flexibility index (Phi) is 5.34. The molecule has 144 valence electrons. The molecule has 1 aliphatic heterocycles. The highest BCUT2D eigenvalue weighted by Crippen LogP contribution is 2.26. The van der Waals surface area contributed by atoms with Gasteiger partial charge in [0.1, 0.15) is 11.6 Å². The zero-order chi connectivity index (χ0) is 19.3. The Balaban J connectivity index is 1.50. The number of para-hydroxylation sites is 1. The lowest BCUT2D eigenvalue weighted by atomic mass is 10.2. The summed E-state index contributed by atoms with van der Waals surface area (Å²) in [5.41, 5.74) is 2.94. The molecule has 2 aromatic heterocycles. The number of hydrogen-bond donors (Lipinski definition) is 1. The Morgan fingerprint density at radius 2 is 1.79 bits per heavy atom. The number of morpholine rings is 1. The first kappa shape index (κ1) is 18.2. The molecule has 4 rings (SSSR count). The number of ether oxygens (including phenoxy) is 1. The Morgan fingerprint density at radius 1 is 1.00 bits per heavy atom. The summed E-state index contributed by atoms with van der Waals surface area (Å²) in [6.45, 7) is 5.25. The fourth-order valence-electron chi connectivity index (χ4n) is 3.18. The number of hydrogen-bond acceptors (Lipinski definition) is 7. The monoisotopic (exact) mass is 376 g/mol. The molecule has 0 radical (unpaired) electrons. The van der Waals surface area contributed by atoms with Crippen molar-refractivity contribution in [1.29, 1.82) is 0 Å². The predicted octanol–water partition coefficient (Wildman–Crippen LogP) is 3.53. The molecule has 0 amide bonds. The van der Waals surface area contributed by atoms with E-state index in [9.17, 15) is 0 Å². The molecule has 7 heteroatoms. The van der Waals surface area contributed by atoms with Gasteiger partial charge in [-0.25, -0.2) is 9.97 Å². The van der Waals surface area contributed by atoms with Crippen LogP contribution in [0.4, 0.5) is 29.0 Å². The predicted molar refractivity (Wildman–Crippen MR) is 112 cm³/mol. The third kappa shape index (κ3) is 4.04. The second-order valence-corrected chi connectivity index (χ2v) is 6.72. The second-order valence-electron chi connectivity index (χ2n) is 6.72. The zero-order valence-electron chi connectivity index (χ0n) is 16.2. The van der Waals surface area contributed by atoms with Crippen LogP contribution in [-0.4, -0.2) is 48.3 Å². The van der Waals surface area contributed by atoms with Crippen LogP contribution in [0.15, 0.2) is 54.9 Å². The molecular weight excluding hydrogens is 352 g/mol. The van der Waals surface area contributed by atoms with Crippen molar-refractivity contribution < 1.29 is 4.74 Å². The van der Waals surface area contributed by atoms with Crippen LogP contribution in [0, 0.1) is 6.92 Å². The zero-order valence-corrected chi connectivity index (χ0v) is 16.2.